The van der Waals surface area contributed by atoms with Crippen molar-refractivity contribution in [2.45, 2.75) is 38.3 Å². The van der Waals surface area contributed by atoms with Crippen LogP contribution in [0.3, 0.4) is 0 Å². The second-order valence-corrected chi connectivity index (χ2v) is 6.03. The number of halogens is 2. The molecular formula is C13H20Cl2N4OS. The van der Waals surface area contributed by atoms with E-state index in [4.69, 9.17) is 5.73 Å². The van der Waals surface area contributed by atoms with E-state index in [0.717, 1.165) is 29.9 Å². The van der Waals surface area contributed by atoms with E-state index in [1.54, 1.807) is 11.3 Å². The van der Waals surface area contributed by atoms with Crippen LogP contribution in [0, 0.1) is 5.92 Å². The molecule has 118 valence electrons. The first-order chi connectivity index (χ1) is 9.22. The fourth-order valence-electron chi connectivity index (χ4n) is 2.68. The van der Waals surface area contributed by atoms with Crippen LogP contribution in [0.25, 0.3) is 4.96 Å². The number of carbonyl (C=O) groups is 1. The summed E-state index contributed by atoms with van der Waals surface area (Å²) in [5.74, 6) is 0.434. The van der Waals surface area contributed by atoms with Crippen LogP contribution in [0.2, 0.25) is 0 Å². The summed E-state index contributed by atoms with van der Waals surface area (Å²) in [6.45, 7) is 0.495. The number of rotatable bonds is 4. The summed E-state index contributed by atoms with van der Waals surface area (Å²) in [5, 5.41) is 4.92. The lowest BCUT2D eigenvalue weighted by molar-refractivity contribution is -0.122. The zero-order valence-electron chi connectivity index (χ0n) is 11.5. The monoisotopic (exact) mass is 350 g/mol. The lowest BCUT2D eigenvalue weighted by Crippen LogP contribution is -2.31. The minimum Gasteiger partial charge on any atom is -0.350 e. The molecule has 0 bridgehead atoms. The molecular weight excluding hydrogens is 331 g/mol. The molecule has 5 nitrogen and oxygen atoms in total. The Morgan fingerprint density at radius 2 is 2.29 bits per heavy atom. The number of fused-ring (bicyclic) bond motifs is 1. The molecule has 0 radical (unpaired) electrons. The lowest BCUT2D eigenvalue weighted by atomic mass is 10.00. The molecule has 1 aliphatic carbocycles. The maximum atomic E-state index is 11.9. The molecule has 2 aromatic heterocycles. The summed E-state index contributed by atoms with van der Waals surface area (Å²) < 4.78 is 1.97. The second kappa shape index (κ2) is 7.98. The Kier molecular flexibility index (Phi) is 6.93. The Hall–Kier alpha value is -0.820. The molecule has 3 rings (SSSR count). The van der Waals surface area contributed by atoms with Gasteiger partial charge in [-0.3, -0.25) is 9.20 Å². The Labute approximate surface area is 140 Å². The van der Waals surface area contributed by atoms with Gasteiger partial charge >= 0.3 is 0 Å². The first-order valence-corrected chi connectivity index (χ1v) is 7.53. The minimum absolute atomic E-state index is 0. The predicted octanol–water partition coefficient (Wildman–Crippen LogP) is 2.37. The first kappa shape index (κ1) is 18.2. The Morgan fingerprint density at radius 1 is 1.48 bits per heavy atom. The largest absolute Gasteiger partial charge is 0.350 e. The highest BCUT2D eigenvalue weighted by Crippen LogP contribution is 2.26. The van der Waals surface area contributed by atoms with E-state index in [2.05, 4.69) is 10.3 Å². The Bertz CT molecular complexity index is 557. The molecule has 0 unspecified atom stereocenters. The third-order valence-corrected chi connectivity index (χ3v) is 4.55. The average Bonchev–Trinajstić information content (AvgIpc) is 3.03. The summed E-state index contributed by atoms with van der Waals surface area (Å²) in [4.78, 5) is 17.3. The number of hydrogen-bond donors (Lipinski definition) is 2. The van der Waals surface area contributed by atoms with Gasteiger partial charge in [0.2, 0.25) is 5.91 Å². The predicted molar refractivity (Wildman–Crippen MR) is 89.3 cm³/mol. The Morgan fingerprint density at radius 3 is 2.95 bits per heavy atom. The van der Waals surface area contributed by atoms with Crippen LogP contribution < -0.4 is 11.1 Å². The van der Waals surface area contributed by atoms with Gasteiger partial charge in [0.1, 0.15) is 0 Å². The van der Waals surface area contributed by atoms with Gasteiger partial charge in [-0.05, 0) is 18.8 Å². The van der Waals surface area contributed by atoms with Crippen molar-refractivity contribution in [3.05, 3.63) is 23.5 Å². The molecule has 1 aliphatic rings. The minimum atomic E-state index is 0. The third kappa shape index (κ3) is 4.32. The zero-order chi connectivity index (χ0) is 13.2. The van der Waals surface area contributed by atoms with Gasteiger partial charge in [0, 0.05) is 30.2 Å². The SMILES string of the molecule is Cl.Cl.N[C@@H]1CCC[C@H]1CC(=O)NCc1cn2ccsc2n1. The van der Waals surface area contributed by atoms with E-state index >= 15 is 0 Å². The molecule has 0 spiro atoms. The van der Waals surface area contributed by atoms with Crippen LogP contribution in [0.5, 0.6) is 0 Å². The van der Waals surface area contributed by atoms with Gasteiger partial charge < -0.3 is 11.1 Å². The van der Waals surface area contributed by atoms with Crippen molar-refractivity contribution < 1.29 is 4.79 Å². The molecule has 1 fully saturated rings. The fraction of sp³-hybridized carbons (Fsp3) is 0.538. The van der Waals surface area contributed by atoms with Gasteiger partial charge in [-0.25, -0.2) is 4.98 Å². The highest BCUT2D eigenvalue weighted by molar-refractivity contribution is 7.15. The number of imidazole rings is 1. The zero-order valence-corrected chi connectivity index (χ0v) is 14.0. The second-order valence-electron chi connectivity index (χ2n) is 5.16. The number of hydrogen-bond acceptors (Lipinski definition) is 4. The normalized spacial score (nSPS) is 20.8. The van der Waals surface area contributed by atoms with E-state index in [9.17, 15) is 4.79 Å². The maximum absolute atomic E-state index is 11.9. The van der Waals surface area contributed by atoms with Crippen molar-refractivity contribution in [3.8, 4) is 0 Å². The van der Waals surface area contributed by atoms with Gasteiger partial charge in [-0.1, -0.05) is 6.42 Å². The quantitative estimate of drug-likeness (QED) is 0.888. The van der Waals surface area contributed by atoms with Crippen LogP contribution in [0.1, 0.15) is 31.4 Å². The number of aromatic nitrogens is 2. The summed E-state index contributed by atoms with van der Waals surface area (Å²) >= 11 is 1.59. The van der Waals surface area contributed by atoms with Gasteiger partial charge in [0.25, 0.3) is 0 Å². The van der Waals surface area contributed by atoms with Crippen LogP contribution in [-0.2, 0) is 11.3 Å². The van der Waals surface area contributed by atoms with E-state index in [-0.39, 0.29) is 36.8 Å². The first-order valence-electron chi connectivity index (χ1n) is 6.66. The van der Waals surface area contributed by atoms with Crippen LogP contribution >= 0.6 is 36.2 Å². The van der Waals surface area contributed by atoms with Gasteiger partial charge in [-0.15, -0.1) is 36.2 Å². The fourth-order valence-corrected chi connectivity index (χ4v) is 3.40. The molecule has 0 aromatic carbocycles. The highest BCUT2D eigenvalue weighted by Gasteiger charge is 2.25. The summed E-state index contributed by atoms with van der Waals surface area (Å²) in [5.41, 5.74) is 6.88. The molecule has 3 N–H and O–H groups in total. The van der Waals surface area contributed by atoms with E-state index < -0.39 is 0 Å². The topological polar surface area (TPSA) is 72.4 Å². The molecule has 2 heterocycles. The maximum Gasteiger partial charge on any atom is 0.220 e. The summed E-state index contributed by atoms with van der Waals surface area (Å²) in [7, 11) is 0. The lowest BCUT2D eigenvalue weighted by Gasteiger charge is -2.14. The third-order valence-electron chi connectivity index (χ3n) is 3.78. The van der Waals surface area contributed by atoms with Crippen molar-refractivity contribution in [1.29, 1.82) is 0 Å². The molecule has 0 aliphatic heterocycles. The molecule has 0 saturated heterocycles. The van der Waals surface area contributed by atoms with Gasteiger partial charge in [0.05, 0.1) is 12.2 Å². The van der Waals surface area contributed by atoms with Crippen molar-refractivity contribution in [2.75, 3.05) is 0 Å². The number of thiazole rings is 1. The highest BCUT2D eigenvalue weighted by atomic mass is 35.5. The number of carbonyl (C=O) groups excluding carboxylic acids is 1. The molecule has 21 heavy (non-hydrogen) atoms. The Balaban J connectivity index is 0.00000110. The number of amides is 1. The van der Waals surface area contributed by atoms with Crippen molar-refractivity contribution >= 4 is 47.0 Å². The summed E-state index contributed by atoms with van der Waals surface area (Å²) in [6, 6.07) is 0.198. The number of nitrogens with two attached hydrogens (primary N) is 1. The molecule has 2 aromatic rings. The van der Waals surface area contributed by atoms with Crippen molar-refractivity contribution in [3.63, 3.8) is 0 Å². The van der Waals surface area contributed by atoms with Crippen LogP contribution in [0.4, 0.5) is 0 Å². The molecule has 1 saturated carbocycles. The molecule has 2 atom stereocenters. The van der Waals surface area contributed by atoms with Gasteiger partial charge in [-0.2, -0.15) is 0 Å². The number of nitrogens with zero attached hydrogens (tertiary/aromatic N) is 2. The van der Waals surface area contributed by atoms with Gasteiger partial charge in [0.15, 0.2) is 4.96 Å². The van der Waals surface area contributed by atoms with Crippen LogP contribution in [0.15, 0.2) is 17.8 Å². The average molecular weight is 351 g/mol. The van der Waals surface area contributed by atoms with E-state index in [0.29, 0.717) is 18.9 Å². The van der Waals surface area contributed by atoms with E-state index in [1.165, 1.54) is 0 Å². The molecule has 1 amide bonds. The summed E-state index contributed by atoms with van der Waals surface area (Å²) in [6.07, 6.45) is 7.74. The smallest absolute Gasteiger partial charge is 0.220 e. The van der Waals surface area contributed by atoms with Crippen molar-refractivity contribution in [2.24, 2.45) is 11.7 Å². The van der Waals surface area contributed by atoms with Crippen molar-refractivity contribution in [1.82, 2.24) is 14.7 Å². The standard InChI is InChI=1S/C13H18N4OS.2ClH/c14-11-3-1-2-9(11)6-12(18)15-7-10-8-17-4-5-19-13(17)16-10;;/h4-5,8-9,11H,1-3,6-7,14H2,(H,15,18);2*1H/t9-,11+;;/m0../s1. The number of nitrogens with one attached hydrogen (secondary N) is 1. The molecule has 8 heteroatoms. The van der Waals surface area contributed by atoms with Crippen LogP contribution in [-0.4, -0.2) is 21.3 Å². The van der Waals surface area contributed by atoms with E-state index in [1.807, 2.05) is 22.2 Å².